The van der Waals surface area contributed by atoms with Gasteiger partial charge in [-0.3, -0.25) is 0 Å². The first-order chi connectivity index (χ1) is 9.50. The average molecular weight is 291 g/mol. The zero-order chi connectivity index (χ0) is 15.9. The van der Waals surface area contributed by atoms with Gasteiger partial charge in [0.15, 0.2) is 0 Å². The van der Waals surface area contributed by atoms with E-state index in [9.17, 15) is 0 Å². The van der Waals surface area contributed by atoms with Crippen LogP contribution in [0.5, 0.6) is 5.88 Å². The summed E-state index contributed by atoms with van der Waals surface area (Å²) in [6.45, 7) is 15.2. The largest absolute Gasteiger partial charge is 0.496 e. The summed E-state index contributed by atoms with van der Waals surface area (Å²) >= 11 is 0. The Kier molecular flexibility index (Phi) is 4.11. The molecule has 0 atom stereocenters. The molecule has 0 radical (unpaired) electrons. The summed E-state index contributed by atoms with van der Waals surface area (Å²) < 4.78 is 17.7. The topological polar surface area (TPSA) is 40.6 Å². The second kappa shape index (κ2) is 5.29. The standard InChI is InChI=1S/C16H26BNO3/c1-14(2,3)11-19-13-9-8-12(10-18-13)17-20-15(4,5)16(6,7)21-17/h8-10H,11H2,1-7H3. The number of rotatable bonds is 3. The van der Waals surface area contributed by atoms with Gasteiger partial charge in [-0.2, -0.15) is 0 Å². The van der Waals surface area contributed by atoms with Crippen LogP contribution in [0.1, 0.15) is 48.5 Å². The van der Waals surface area contributed by atoms with Gasteiger partial charge in [-0.05, 0) is 39.2 Å². The molecule has 1 saturated heterocycles. The maximum absolute atomic E-state index is 6.00. The minimum Gasteiger partial charge on any atom is -0.477 e. The summed E-state index contributed by atoms with van der Waals surface area (Å²) in [5, 5.41) is 0. The summed E-state index contributed by atoms with van der Waals surface area (Å²) in [5.41, 5.74) is 0.362. The van der Waals surface area contributed by atoms with Crippen LogP contribution in [0, 0.1) is 5.41 Å². The predicted molar refractivity (Wildman–Crippen MR) is 84.9 cm³/mol. The normalized spacial score (nSPS) is 20.6. The van der Waals surface area contributed by atoms with E-state index in [1.807, 2.05) is 39.8 Å². The molecule has 0 spiro atoms. The lowest BCUT2D eigenvalue weighted by atomic mass is 9.80. The van der Waals surface area contributed by atoms with Gasteiger partial charge < -0.3 is 14.0 Å². The van der Waals surface area contributed by atoms with E-state index >= 15 is 0 Å². The molecule has 1 aliphatic heterocycles. The van der Waals surface area contributed by atoms with Crippen molar-refractivity contribution >= 4 is 12.6 Å². The van der Waals surface area contributed by atoms with E-state index in [0.29, 0.717) is 12.5 Å². The van der Waals surface area contributed by atoms with Crippen LogP contribution in [-0.2, 0) is 9.31 Å². The summed E-state index contributed by atoms with van der Waals surface area (Å²) in [5.74, 6) is 0.630. The third-order valence-corrected chi connectivity index (χ3v) is 3.94. The van der Waals surface area contributed by atoms with Crippen LogP contribution in [0.4, 0.5) is 0 Å². The molecule has 0 aromatic carbocycles. The van der Waals surface area contributed by atoms with E-state index in [0.717, 1.165) is 5.46 Å². The minimum absolute atomic E-state index is 0.117. The number of pyridine rings is 1. The quantitative estimate of drug-likeness (QED) is 0.803. The van der Waals surface area contributed by atoms with Crippen LogP contribution in [-0.4, -0.2) is 29.9 Å². The van der Waals surface area contributed by atoms with Gasteiger partial charge in [-0.15, -0.1) is 0 Å². The van der Waals surface area contributed by atoms with Crippen LogP contribution >= 0.6 is 0 Å². The van der Waals surface area contributed by atoms with Gasteiger partial charge in [-0.1, -0.05) is 26.8 Å². The molecular weight excluding hydrogens is 265 g/mol. The van der Waals surface area contributed by atoms with Crippen LogP contribution in [0.25, 0.3) is 0 Å². The number of hydrogen-bond donors (Lipinski definition) is 0. The SMILES string of the molecule is CC(C)(C)COc1ccc(B2OC(C)(C)C(C)(C)O2)cn1. The Labute approximate surface area is 128 Å². The molecule has 5 heteroatoms. The monoisotopic (exact) mass is 291 g/mol. The molecule has 0 saturated carbocycles. The lowest BCUT2D eigenvalue weighted by Gasteiger charge is -2.32. The highest BCUT2D eigenvalue weighted by Crippen LogP contribution is 2.36. The van der Waals surface area contributed by atoms with E-state index in [1.54, 1.807) is 6.20 Å². The fraction of sp³-hybridized carbons (Fsp3) is 0.688. The first-order valence-corrected chi connectivity index (χ1v) is 7.45. The highest BCUT2D eigenvalue weighted by atomic mass is 16.7. The maximum atomic E-state index is 6.00. The van der Waals surface area contributed by atoms with Crippen molar-refractivity contribution < 1.29 is 14.0 Å². The molecule has 0 amide bonds. The van der Waals surface area contributed by atoms with Gasteiger partial charge in [0.25, 0.3) is 0 Å². The third-order valence-electron chi connectivity index (χ3n) is 3.94. The van der Waals surface area contributed by atoms with Crippen molar-refractivity contribution in [1.82, 2.24) is 4.98 Å². The molecule has 0 bridgehead atoms. The second-order valence-corrected chi connectivity index (χ2v) is 7.87. The zero-order valence-corrected chi connectivity index (χ0v) is 14.2. The lowest BCUT2D eigenvalue weighted by molar-refractivity contribution is 0.00578. The molecule has 2 rings (SSSR count). The number of nitrogens with zero attached hydrogens (tertiary/aromatic N) is 1. The van der Waals surface area contributed by atoms with Gasteiger partial charge in [0.2, 0.25) is 5.88 Å². The van der Waals surface area contributed by atoms with E-state index in [-0.39, 0.29) is 23.7 Å². The molecule has 4 nitrogen and oxygen atoms in total. The van der Waals surface area contributed by atoms with Crippen molar-refractivity contribution in [3.8, 4) is 5.88 Å². The van der Waals surface area contributed by atoms with Crippen LogP contribution in [0.3, 0.4) is 0 Å². The molecule has 2 heterocycles. The Balaban J connectivity index is 2.04. The van der Waals surface area contributed by atoms with Gasteiger partial charge in [0.05, 0.1) is 17.8 Å². The zero-order valence-electron chi connectivity index (χ0n) is 14.2. The first-order valence-electron chi connectivity index (χ1n) is 7.45. The molecule has 1 aromatic heterocycles. The number of ether oxygens (including phenoxy) is 1. The van der Waals surface area contributed by atoms with E-state index in [1.165, 1.54) is 0 Å². The van der Waals surface area contributed by atoms with Crippen LogP contribution in [0.2, 0.25) is 0 Å². The summed E-state index contributed by atoms with van der Waals surface area (Å²) in [6.07, 6.45) is 1.76. The predicted octanol–water partition coefficient (Wildman–Crippen LogP) is 2.81. The molecule has 1 aromatic rings. The van der Waals surface area contributed by atoms with Crippen molar-refractivity contribution in [1.29, 1.82) is 0 Å². The fourth-order valence-corrected chi connectivity index (χ4v) is 1.89. The molecule has 0 N–H and O–H groups in total. The van der Waals surface area contributed by atoms with Crippen LogP contribution in [0.15, 0.2) is 18.3 Å². The highest BCUT2D eigenvalue weighted by molar-refractivity contribution is 6.62. The number of aromatic nitrogens is 1. The molecule has 116 valence electrons. The fourth-order valence-electron chi connectivity index (χ4n) is 1.89. The Morgan fingerprint density at radius 3 is 2.10 bits per heavy atom. The molecule has 0 aliphatic carbocycles. The van der Waals surface area contributed by atoms with Crippen molar-refractivity contribution in [3.05, 3.63) is 18.3 Å². The highest BCUT2D eigenvalue weighted by Gasteiger charge is 2.51. The smallest absolute Gasteiger partial charge is 0.477 e. The molecule has 1 fully saturated rings. The van der Waals surface area contributed by atoms with Crippen molar-refractivity contribution in [2.75, 3.05) is 6.61 Å². The summed E-state index contributed by atoms with van der Waals surface area (Å²) in [4.78, 5) is 4.34. The lowest BCUT2D eigenvalue weighted by Crippen LogP contribution is -2.41. The van der Waals surface area contributed by atoms with Crippen LogP contribution < -0.4 is 10.2 Å². The molecule has 0 unspecified atom stereocenters. The Bertz CT molecular complexity index is 475. The molecule has 21 heavy (non-hydrogen) atoms. The van der Waals surface area contributed by atoms with Crippen molar-refractivity contribution in [2.45, 2.75) is 59.7 Å². The van der Waals surface area contributed by atoms with Crippen molar-refractivity contribution in [3.63, 3.8) is 0 Å². The Hall–Kier alpha value is -1.07. The van der Waals surface area contributed by atoms with Gasteiger partial charge >= 0.3 is 7.12 Å². The van der Waals surface area contributed by atoms with E-state index < -0.39 is 0 Å². The van der Waals surface area contributed by atoms with Gasteiger partial charge in [0, 0.05) is 11.7 Å². The summed E-state index contributed by atoms with van der Waals surface area (Å²) in [7, 11) is -0.376. The van der Waals surface area contributed by atoms with Gasteiger partial charge in [0.1, 0.15) is 0 Å². The Morgan fingerprint density at radius 1 is 1.10 bits per heavy atom. The maximum Gasteiger partial charge on any atom is 0.496 e. The third kappa shape index (κ3) is 3.77. The number of hydrogen-bond acceptors (Lipinski definition) is 4. The van der Waals surface area contributed by atoms with E-state index in [2.05, 4.69) is 25.8 Å². The summed E-state index contributed by atoms with van der Waals surface area (Å²) in [6, 6.07) is 3.82. The second-order valence-electron chi connectivity index (χ2n) is 7.87. The Morgan fingerprint density at radius 2 is 1.67 bits per heavy atom. The molecule has 1 aliphatic rings. The first kappa shape index (κ1) is 16.3. The van der Waals surface area contributed by atoms with Crippen molar-refractivity contribution in [2.24, 2.45) is 5.41 Å². The average Bonchev–Trinajstić information content (AvgIpc) is 2.56. The van der Waals surface area contributed by atoms with Gasteiger partial charge in [-0.25, -0.2) is 4.98 Å². The van der Waals surface area contributed by atoms with E-state index in [4.69, 9.17) is 14.0 Å². The molecular formula is C16H26BNO3. The minimum atomic E-state index is -0.376.